The molecule has 0 radical (unpaired) electrons. The van der Waals surface area contributed by atoms with Crippen LogP contribution in [-0.2, 0) is 6.42 Å². The highest BCUT2D eigenvalue weighted by Gasteiger charge is 2.14. The molecular formula is C17H20ClNO2. The van der Waals surface area contributed by atoms with Gasteiger partial charge in [0.05, 0.1) is 6.04 Å². The minimum absolute atomic E-state index is 0.0884. The molecule has 0 spiro atoms. The number of amides is 1. The van der Waals surface area contributed by atoms with Crippen molar-refractivity contribution >= 4 is 17.5 Å². The molecule has 2 rings (SSSR count). The maximum Gasteiger partial charge on any atom is 0.287 e. The van der Waals surface area contributed by atoms with Crippen molar-refractivity contribution in [1.82, 2.24) is 5.32 Å². The monoisotopic (exact) mass is 305 g/mol. The summed E-state index contributed by atoms with van der Waals surface area (Å²) in [6.07, 6.45) is 1.06. The predicted octanol–water partition coefficient (Wildman–Crippen LogP) is 4.62. The lowest BCUT2D eigenvalue weighted by Crippen LogP contribution is -2.26. The van der Waals surface area contributed by atoms with E-state index in [1.165, 1.54) is 5.56 Å². The van der Waals surface area contributed by atoms with Crippen molar-refractivity contribution in [2.75, 3.05) is 0 Å². The summed E-state index contributed by atoms with van der Waals surface area (Å²) in [5, 5.41) is 3.11. The molecule has 112 valence electrons. The van der Waals surface area contributed by atoms with Gasteiger partial charge in [0.1, 0.15) is 0 Å². The summed E-state index contributed by atoms with van der Waals surface area (Å²) < 4.78 is 5.10. The van der Waals surface area contributed by atoms with Gasteiger partial charge in [0.15, 0.2) is 11.0 Å². The second-order valence-corrected chi connectivity index (χ2v) is 6.01. The molecule has 1 unspecified atom stereocenters. The standard InChI is InChI=1S/C17H20ClNO2/c1-11(2)10-13-4-6-14(7-5-13)12(3)19-17(20)15-8-9-16(18)21-15/h4-9,11-12H,10H2,1-3H3,(H,19,20). The first kappa shape index (κ1) is 15.6. The SMILES string of the molecule is CC(C)Cc1ccc(C(C)NC(=O)c2ccc(Cl)o2)cc1. The first-order valence-electron chi connectivity index (χ1n) is 7.10. The van der Waals surface area contributed by atoms with Gasteiger partial charge in [-0.05, 0) is 54.1 Å². The number of nitrogens with one attached hydrogen (secondary N) is 1. The van der Waals surface area contributed by atoms with E-state index in [-0.39, 0.29) is 22.9 Å². The van der Waals surface area contributed by atoms with Gasteiger partial charge in [-0.25, -0.2) is 0 Å². The van der Waals surface area contributed by atoms with E-state index in [9.17, 15) is 4.79 Å². The summed E-state index contributed by atoms with van der Waals surface area (Å²) in [6, 6.07) is 11.4. The van der Waals surface area contributed by atoms with Crippen molar-refractivity contribution in [2.45, 2.75) is 33.2 Å². The van der Waals surface area contributed by atoms with Crippen LogP contribution in [0.25, 0.3) is 0 Å². The number of rotatable bonds is 5. The van der Waals surface area contributed by atoms with Crippen LogP contribution in [0.4, 0.5) is 0 Å². The number of hydrogen-bond acceptors (Lipinski definition) is 2. The number of halogens is 1. The molecule has 0 aliphatic rings. The van der Waals surface area contributed by atoms with Crippen molar-refractivity contribution in [3.05, 3.63) is 58.5 Å². The molecule has 1 aromatic carbocycles. The van der Waals surface area contributed by atoms with Crippen LogP contribution in [0.5, 0.6) is 0 Å². The van der Waals surface area contributed by atoms with Gasteiger partial charge in [-0.2, -0.15) is 0 Å². The van der Waals surface area contributed by atoms with Gasteiger partial charge in [-0.3, -0.25) is 4.79 Å². The molecule has 0 aliphatic carbocycles. The largest absolute Gasteiger partial charge is 0.440 e. The summed E-state index contributed by atoms with van der Waals surface area (Å²) in [6.45, 7) is 6.34. The van der Waals surface area contributed by atoms with Crippen LogP contribution in [0.15, 0.2) is 40.8 Å². The Hall–Kier alpha value is -1.74. The lowest BCUT2D eigenvalue weighted by atomic mass is 10.00. The summed E-state index contributed by atoms with van der Waals surface area (Å²) >= 11 is 5.67. The van der Waals surface area contributed by atoms with Gasteiger partial charge >= 0.3 is 0 Å². The van der Waals surface area contributed by atoms with Crippen LogP contribution in [0.2, 0.25) is 5.22 Å². The lowest BCUT2D eigenvalue weighted by Gasteiger charge is -2.14. The third-order valence-electron chi connectivity index (χ3n) is 3.27. The van der Waals surface area contributed by atoms with Crippen molar-refractivity contribution in [3.8, 4) is 0 Å². The first-order chi connectivity index (χ1) is 9.95. The lowest BCUT2D eigenvalue weighted by molar-refractivity contribution is 0.0912. The van der Waals surface area contributed by atoms with E-state index in [1.54, 1.807) is 12.1 Å². The highest BCUT2D eigenvalue weighted by molar-refractivity contribution is 6.29. The Bertz CT molecular complexity index is 602. The Morgan fingerprint density at radius 2 is 1.81 bits per heavy atom. The van der Waals surface area contributed by atoms with Crippen LogP contribution in [0, 0.1) is 5.92 Å². The highest BCUT2D eigenvalue weighted by Crippen LogP contribution is 2.18. The number of carbonyl (C=O) groups excluding carboxylic acids is 1. The third kappa shape index (κ3) is 4.36. The maximum atomic E-state index is 12.0. The summed E-state index contributed by atoms with van der Waals surface area (Å²) in [5.74, 6) is 0.598. The van der Waals surface area contributed by atoms with Crippen molar-refractivity contribution < 1.29 is 9.21 Å². The van der Waals surface area contributed by atoms with Gasteiger partial charge < -0.3 is 9.73 Å². The normalized spacial score (nSPS) is 12.4. The molecule has 4 heteroatoms. The fourth-order valence-corrected chi connectivity index (χ4v) is 2.35. The molecule has 0 fully saturated rings. The molecule has 0 saturated heterocycles. The zero-order chi connectivity index (χ0) is 15.4. The van der Waals surface area contributed by atoms with E-state index in [2.05, 4.69) is 43.4 Å². The smallest absolute Gasteiger partial charge is 0.287 e. The summed E-state index contributed by atoms with van der Waals surface area (Å²) in [7, 11) is 0. The molecule has 1 aromatic heterocycles. The van der Waals surface area contributed by atoms with Gasteiger partial charge in [0.25, 0.3) is 5.91 Å². The van der Waals surface area contributed by atoms with Gasteiger partial charge in [0.2, 0.25) is 0 Å². The molecule has 21 heavy (non-hydrogen) atoms. The molecule has 0 bridgehead atoms. The van der Waals surface area contributed by atoms with Crippen molar-refractivity contribution in [3.63, 3.8) is 0 Å². The van der Waals surface area contributed by atoms with Crippen molar-refractivity contribution in [1.29, 1.82) is 0 Å². The maximum absolute atomic E-state index is 12.0. The van der Waals surface area contributed by atoms with Crippen LogP contribution >= 0.6 is 11.6 Å². The topological polar surface area (TPSA) is 42.2 Å². The number of hydrogen-bond donors (Lipinski definition) is 1. The van der Waals surface area contributed by atoms with Crippen molar-refractivity contribution in [2.24, 2.45) is 5.92 Å². The molecule has 1 heterocycles. The van der Waals surface area contributed by atoms with Crippen LogP contribution in [0.1, 0.15) is 48.5 Å². The fourth-order valence-electron chi connectivity index (χ4n) is 2.20. The molecule has 1 amide bonds. The molecule has 1 N–H and O–H groups in total. The number of furan rings is 1. The van der Waals surface area contributed by atoms with Crippen LogP contribution in [0.3, 0.4) is 0 Å². The minimum Gasteiger partial charge on any atom is -0.440 e. The van der Waals surface area contributed by atoms with E-state index in [0.717, 1.165) is 12.0 Å². The first-order valence-corrected chi connectivity index (χ1v) is 7.48. The second-order valence-electron chi connectivity index (χ2n) is 5.64. The Labute approximate surface area is 130 Å². The predicted molar refractivity (Wildman–Crippen MR) is 84.6 cm³/mol. The Kier molecular flexibility index (Phi) is 5.07. The highest BCUT2D eigenvalue weighted by atomic mass is 35.5. The van der Waals surface area contributed by atoms with Crippen LogP contribution in [-0.4, -0.2) is 5.91 Å². The van der Waals surface area contributed by atoms with Gasteiger partial charge in [-0.15, -0.1) is 0 Å². The molecule has 0 saturated carbocycles. The van der Waals surface area contributed by atoms with E-state index in [0.29, 0.717) is 5.92 Å². The molecule has 0 aliphatic heterocycles. The van der Waals surface area contributed by atoms with Crippen LogP contribution < -0.4 is 5.32 Å². The Morgan fingerprint density at radius 1 is 1.14 bits per heavy atom. The number of carbonyl (C=O) groups is 1. The van der Waals surface area contributed by atoms with E-state index < -0.39 is 0 Å². The minimum atomic E-state index is -0.263. The fraction of sp³-hybridized carbons (Fsp3) is 0.353. The summed E-state index contributed by atoms with van der Waals surface area (Å²) in [4.78, 5) is 12.0. The quantitative estimate of drug-likeness (QED) is 0.875. The summed E-state index contributed by atoms with van der Waals surface area (Å²) in [5.41, 5.74) is 2.37. The average Bonchev–Trinajstić information content (AvgIpc) is 2.85. The Morgan fingerprint density at radius 3 is 2.33 bits per heavy atom. The number of benzene rings is 1. The third-order valence-corrected chi connectivity index (χ3v) is 3.47. The van der Waals surface area contributed by atoms with Gasteiger partial charge in [0, 0.05) is 0 Å². The van der Waals surface area contributed by atoms with E-state index >= 15 is 0 Å². The molecule has 1 atom stereocenters. The average molecular weight is 306 g/mol. The van der Waals surface area contributed by atoms with E-state index in [4.69, 9.17) is 16.0 Å². The zero-order valence-corrected chi connectivity index (χ0v) is 13.3. The molecular weight excluding hydrogens is 286 g/mol. The molecule has 3 nitrogen and oxygen atoms in total. The van der Waals surface area contributed by atoms with E-state index in [1.807, 2.05) is 6.92 Å². The molecule has 2 aromatic rings. The second kappa shape index (κ2) is 6.81. The Balaban J connectivity index is 1.99. The zero-order valence-electron chi connectivity index (χ0n) is 12.5. The van der Waals surface area contributed by atoms with Gasteiger partial charge in [-0.1, -0.05) is 38.1 Å².